The second kappa shape index (κ2) is 8.42. The van der Waals surface area contributed by atoms with E-state index in [1.54, 1.807) is 0 Å². The van der Waals surface area contributed by atoms with Gasteiger partial charge in [0.05, 0.1) is 17.1 Å². The van der Waals surface area contributed by atoms with Gasteiger partial charge in [0.1, 0.15) is 5.82 Å². The highest BCUT2D eigenvalue weighted by Gasteiger charge is 2.27. The Bertz CT molecular complexity index is 1310. The van der Waals surface area contributed by atoms with Gasteiger partial charge in [-0.05, 0) is 44.0 Å². The predicted octanol–water partition coefficient (Wildman–Crippen LogP) is 3.35. The van der Waals surface area contributed by atoms with Crippen LogP contribution in [0.5, 0.6) is 0 Å². The van der Waals surface area contributed by atoms with E-state index < -0.39 is 0 Å². The number of benzene rings is 2. The molecule has 33 heavy (non-hydrogen) atoms. The molecule has 168 valence electrons. The molecule has 9 heteroatoms. The second-order valence-electron chi connectivity index (χ2n) is 8.48. The summed E-state index contributed by atoms with van der Waals surface area (Å²) in [4.78, 5) is 23.9. The van der Waals surface area contributed by atoms with E-state index in [0.717, 1.165) is 52.9 Å². The molecule has 0 bridgehead atoms. The number of aryl methyl sites for hydroxylation is 1. The average Bonchev–Trinajstić information content (AvgIpc) is 3.20. The van der Waals surface area contributed by atoms with Gasteiger partial charge in [0, 0.05) is 35.8 Å². The van der Waals surface area contributed by atoms with E-state index in [4.69, 9.17) is 11.5 Å². The van der Waals surface area contributed by atoms with Crippen molar-refractivity contribution in [2.75, 3.05) is 34.8 Å². The Morgan fingerprint density at radius 1 is 1.12 bits per heavy atom. The van der Waals surface area contributed by atoms with Crippen LogP contribution in [0.3, 0.4) is 0 Å². The molecule has 1 atom stereocenters. The normalized spacial score (nSPS) is 16.2. The predicted molar refractivity (Wildman–Crippen MR) is 131 cm³/mol. The molecule has 1 unspecified atom stereocenters. The summed E-state index contributed by atoms with van der Waals surface area (Å²) in [6.45, 7) is 3.40. The first-order valence-corrected chi connectivity index (χ1v) is 11.0. The van der Waals surface area contributed by atoms with Crippen molar-refractivity contribution in [3.05, 3.63) is 54.1 Å². The van der Waals surface area contributed by atoms with Crippen LogP contribution in [-0.2, 0) is 4.79 Å². The van der Waals surface area contributed by atoms with Crippen LogP contribution in [0.15, 0.2) is 48.5 Å². The summed E-state index contributed by atoms with van der Waals surface area (Å²) < 4.78 is 0. The van der Waals surface area contributed by atoms with Gasteiger partial charge in [0.25, 0.3) is 0 Å². The van der Waals surface area contributed by atoms with E-state index >= 15 is 0 Å². The van der Waals surface area contributed by atoms with Gasteiger partial charge in [0.2, 0.25) is 11.9 Å². The highest BCUT2D eigenvalue weighted by molar-refractivity contribution is 5.93. The average molecular weight is 443 g/mol. The lowest BCUT2D eigenvalue weighted by atomic mass is 9.97. The molecule has 1 fully saturated rings. The number of anilines is 4. The summed E-state index contributed by atoms with van der Waals surface area (Å²) in [5.74, 6) is 1.26. The fourth-order valence-electron chi connectivity index (χ4n) is 4.24. The summed E-state index contributed by atoms with van der Waals surface area (Å²) in [5.41, 5.74) is 16.3. The van der Waals surface area contributed by atoms with Gasteiger partial charge < -0.3 is 21.7 Å². The maximum atomic E-state index is 12.9. The summed E-state index contributed by atoms with van der Waals surface area (Å²) in [6.07, 6.45) is 1.73. The molecule has 9 nitrogen and oxygen atoms in total. The molecule has 3 heterocycles. The highest BCUT2D eigenvalue weighted by atomic mass is 16.1. The fourth-order valence-corrected chi connectivity index (χ4v) is 4.24. The zero-order valence-corrected chi connectivity index (χ0v) is 18.4. The fraction of sp³-hybridized carbons (Fsp3) is 0.250. The van der Waals surface area contributed by atoms with Crippen molar-refractivity contribution in [1.82, 2.24) is 20.2 Å². The van der Waals surface area contributed by atoms with Gasteiger partial charge in [-0.3, -0.25) is 9.89 Å². The largest absolute Gasteiger partial charge is 0.382 e. The first kappa shape index (κ1) is 20.7. The van der Waals surface area contributed by atoms with Crippen LogP contribution in [0.2, 0.25) is 0 Å². The van der Waals surface area contributed by atoms with E-state index in [-0.39, 0.29) is 17.8 Å². The number of H-pyrrole nitrogens is 1. The minimum absolute atomic E-state index is 0.0214. The lowest BCUT2D eigenvalue weighted by Crippen LogP contribution is -2.41. The molecule has 0 spiro atoms. The van der Waals surface area contributed by atoms with Gasteiger partial charge in [0.15, 0.2) is 5.82 Å². The van der Waals surface area contributed by atoms with Crippen LogP contribution in [-0.4, -0.2) is 39.2 Å². The Balaban J connectivity index is 1.36. The van der Waals surface area contributed by atoms with E-state index in [1.807, 2.05) is 55.5 Å². The van der Waals surface area contributed by atoms with Gasteiger partial charge in [-0.25, -0.2) is 4.98 Å². The number of carbonyl (C=O) groups excluding carboxylic acids is 1. The molecule has 0 aliphatic carbocycles. The zero-order valence-electron chi connectivity index (χ0n) is 18.4. The molecule has 6 N–H and O–H groups in total. The van der Waals surface area contributed by atoms with Crippen molar-refractivity contribution in [2.24, 2.45) is 5.92 Å². The summed E-state index contributed by atoms with van der Waals surface area (Å²) in [6, 6.07) is 15.5. The van der Waals surface area contributed by atoms with Crippen LogP contribution in [0.25, 0.3) is 22.2 Å². The number of aromatic nitrogens is 4. The maximum absolute atomic E-state index is 12.9. The summed E-state index contributed by atoms with van der Waals surface area (Å²) in [7, 11) is 0. The minimum Gasteiger partial charge on any atom is -0.382 e. The quantitative estimate of drug-likeness (QED) is 0.380. The molecule has 2 aromatic heterocycles. The van der Waals surface area contributed by atoms with Gasteiger partial charge in [-0.15, -0.1) is 0 Å². The van der Waals surface area contributed by atoms with Crippen LogP contribution < -0.4 is 21.7 Å². The third-order valence-electron chi connectivity index (χ3n) is 6.05. The number of rotatable bonds is 4. The molecule has 1 saturated heterocycles. The molecule has 5 rings (SSSR count). The lowest BCUT2D eigenvalue weighted by molar-refractivity contribution is -0.120. The van der Waals surface area contributed by atoms with Crippen molar-refractivity contribution in [3.8, 4) is 11.3 Å². The molecule has 1 aliphatic rings. The van der Waals surface area contributed by atoms with Crippen molar-refractivity contribution < 1.29 is 4.79 Å². The Kier molecular flexibility index (Phi) is 5.29. The number of aromatic amines is 1. The molecule has 0 saturated carbocycles. The van der Waals surface area contributed by atoms with Gasteiger partial charge >= 0.3 is 0 Å². The molecule has 2 aromatic carbocycles. The summed E-state index contributed by atoms with van der Waals surface area (Å²) >= 11 is 0. The number of hydrogen-bond donors (Lipinski definition) is 4. The second-order valence-corrected chi connectivity index (χ2v) is 8.48. The maximum Gasteiger partial charge on any atom is 0.229 e. The van der Waals surface area contributed by atoms with Crippen molar-refractivity contribution in [1.29, 1.82) is 0 Å². The summed E-state index contributed by atoms with van der Waals surface area (Å²) in [5, 5.41) is 10.9. The Hall–Kier alpha value is -4.14. The lowest BCUT2D eigenvalue weighted by Gasteiger charge is -2.33. The third-order valence-corrected chi connectivity index (χ3v) is 6.05. The molecular formula is C24H26N8O. The number of hydrogen-bond acceptors (Lipinski definition) is 7. The van der Waals surface area contributed by atoms with E-state index in [2.05, 4.69) is 30.4 Å². The number of piperidine rings is 1. The van der Waals surface area contributed by atoms with E-state index in [1.165, 1.54) is 0 Å². The van der Waals surface area contributed by atoms with Crippen molar-refractivity contribution in [2.45, 2.75) is 19.8 Å². The Morgan fingerprint density at radius 3 is 2.76 bits per heavy atom. The Morgan fingerprint density at radius 2 is 1.94 bits per heavy atom. The van der Waals surface area contributed by atoms with E-state index in [9.17, 15) is 4.79 Å². The van der Waals surface area contributed by atoms with Crippen LogP contribution in [0.4, 0.5) is 23.3 Å². The number of carbonyl (C=O) groups is 1. The first-order valence-electron chi connectivity index (χ1n) is 11.0. The van der Waals surface area contributed by atoms with Crippen molar-refractivity contribution >= 4 is 40.1 Å². The smallest absolute Gasteiger partial charge is 0.229 e. The van der Waals surface area contributed by atoms with Gasteiger partial charge in [-0.2, -0.15) is 10.1 Å². The first-order chi connectivity index (χ1) is 16.0. The topological polar surface area (TPSA) is 139 Å². The zero-order chi connectivity index (χ0) is 22.9. The SMILES string of the molecule is Cc1ccc(NC(=O)C2CCCN(c3cc(-c4ccc5c(N)n[nH]c5c4)nc(N)n3)C2)cc1. The number of amides is 1. The minimum atomic E-state index is -0.135. The van der Waals surface area contributed by atoms with Crippen LogP contribution in [0, 0.1) is 12.8 Å². The van der Waals surface area contributed by atoms with Gasteiger partial charge in [-0.1, -0.05) is 23.8 Å². The third kappa shape index (κ3) is 4.30. The number of nitrogen functional groups attached to an aromatic ring is 2. The molecule has 4 aromatic rings. The molecule has 1 amide bonds. The monoisotopic (exact) mass is 442 g/mol. The highest BCUT2D eigenvalue weighted by Crippen LogP contribution is 2.29. The molecular weight excluding hydrogens is 416 g/mol. The molecule has 0 radical (unpaired) electrons. The number of nitrogens with one attached hydrogen (secondary N) is 2. The number of fused-ring (bicyclic) bond motifs is 1. The number of nitrogens with two attached hydrogens (primary N) is 2. The Labute approximate surface area is 191 Å². The molecule has 1 aliphatic heterocycles. The van der Waals surface area contributed by atoms with E-state index in [0.29, 0.717) is 18.1 Å². The van der Waals surface area contributed by atoms with Crippen molar-refractivity contribution in [3.63, 3.8) is 0 Å². The van der Waals surface area contributed by atoms with Crippen LogP contribution >= 0.6 is 0 Å². The standard InChI is InChI=1S/C24H26N8O/c1-14-4-7-17(8-5-14)27-23(33)16-3-2-10-32(13-16)21-12-19(28-24(26)29-21)15-6-9-18-20(11-15)30-31-22(18)25/h4-9,11-12,16H,2-3,10,13H2,1H3,(H,27,33)(H3,25,30,31)(H2,26,28,29). The number of nitrogens with zero attached hydrogens (tertiary/aromatic N) is 4. The van der Waals surface area contributed by atoms with Crippen LogP contribution in [0.1, 0.15) is 18.4 Å².